The minimum Gasteiger partial charge on any atom is -0.454 e. The Morgan fingerprint density at radius 3 is 2.60 bits per heavy atom. The van der Waals surface area contributed by atoms with E-state index < -0.39 is 0 Å². The van der Waals surface area contributed by atoms with Crippen LogP contribution < -0.4 is 0 Å². The van der Waals surface area contributed by atoms with Crippen LogP contribution in [0.4, 0.5) is 0 Å². The SMILES string of the molecule is [CH2-]N1CCC[C@H]1C1(O)CC1. The molecule has 0 bridgehead atoms. The normalized spacial score (nSPS) is 38.4. The molecule has 0 spiro atoms. The van der Waals surface area contributed by atoms with Gasteiger partial charge in [-0.05, 0) is 32.2 Å². The van der Waals surface area contributed by atoms with Crippen molar-refractivity contribution in [2.75, 3.05) is 6.54 Å². The Morgan fingerprint density at radius 1 is 1.50 bits per heavy atom. The lowest BCUT2D eigenvalue weighted by Gasteiger charge is -2.31. The van der Waals surface area contributed by atoms with E-state index in [0.29, 0.717) is 6.04 Å². The third-order valence-electron chi connectivity index (χ3n) is 2.75. The van der Waals surface area contributed by atoms with Crippen molar-refractivity contribution < 1.29 is 5.11 Å². The first-order valence-corrected chi connectivity index (χ1v) is 4.02. The van der Waals surface area contributed by atoms with Gasteiger partial charge in [0.2, 0.25) is 0 Å². The largest absolute Gasteiger partial charge is 0.454 e. The van der Waals surface area contributed by atoms with E-state index in [-0.39, 0.29) is 5.60 Å². The summed E-state index contributed by atoms with van der Waals surface area (Å²) in [7, 11) is 3.90. The summed E-state index contributed by atoms with van der Waals surface area (Å²) in [5, 5.41) is 9.72. The van der Waals surface area contributed by atoms with Crippen molar-refractivity contribution in [1.82, 2.24) is 4.90 Å². The van der Waals surface area contributed by atoms with E-state index in [1.165, 1.54) is 6.42 Å². The number of hydrogen-bond donors (Lipinski definition) is 1. The molecule has 1 aliphatic heterocycles. The zero-order valence-electron chi connectivity index (χ0n) is 6.21. The Morgan fingerprint density at radius 2 is 2.20 bits per heavy atom. The first-order chi connectivity index (χ1) is 4.72. The number of likely N-dealkylation sites (tertiary alicyclic amines) is 1. The van der Waals surface area contributed by atoms with Crippen molar-refractivity contribution in [3.05, 3.63) is 7.05 Å². The lowest BCUT2D eigenvalue weighted by molar-refractivity contribution is 0.0700. The maximum atomic E-state index is 9.72. The summed E-state index contributed by atoms with van der Waals surface area (Å²) in [6.45, 7) is 1.06. The fourth-order valence-electron chi connectivity index (χ4n) is 1.90. The molecule has 2 heteroatoms. The molecule has 2 rings (SSSR count). The van der Waals surface area contributed by atoms with Crippen molar-refractivity contribution in [2.45, 2.75) is 37.3 Å². The third-order valence-corrected chi connectivity index (χ3v) is 2.75. The molecule has 0 unspecified atom stereocenters. The first-order valence-electron chi connectivity index (χ1n) is 4.02. The summed E-state index contributed by atoms with van der Waals surface area (Å²) in [6.07, 6.45) is 4.32. The van der Waals surface area contributed by atoms with Crippen LogP contribution in [0.15, 0.2) is 0 Å². The van der Waals surface area contributed by atoms with Crippen molar-refractivity contribution in [2.24, 2.45) is 0 Å². The van der Waals surface area contributed by atoms with Crippen LogP contribution in [0.1, 0.15) is 25.7 Å². The Balaban J connectivity index is 2.03. The highest BCUT2D eigenvalue weighted by Gasteiger charge is 2.48. The fraction of sp³-hybridized carbons (Fsp3) is 0.875. The predicted octanol–water partition coefficient (Wildman–Crippen LogP) is 0.767. The topological polar surface area (TPSA) is 23.5 Å². The second-order valence-electron chi connectivity index (χ2n) is 3.57. The monoisotopic (exact) mass is 140 g/mol. The van der Waals surface area contributed by atoms with Gasteiger partial charge in [0, 0.05) is 6.04 Å². The molecule has 58 valence electrons. The average molecular weight is 140 g/mol. The molecule has 2 fully saturated rings. The highest BCUT2D eigenvalue weighted by Crippen LogP contribution is 2.44. The lowest BCUT2D eigenvalue weighted by Crippen LogP contribution is -2.36. The van der Waals surface area contributed by atoms with Gasteiger partial charge in [0.05, 0.1) is 5.60 Å². The summed E-state index contributed by atoms with van der Waals surface area (Å²) in [5.74, 6) is 0. The maximum absolute atomic E-state index is 9.72. The van der Waals surface area contributed by atoms with Gasteiger partial charge in [-0.25, -0.2) is 0 Å². The van der Waals surface area contributed by atoms with Crippen LogP contribution in [0.5, 0.6) is 0 Å². The lowest BCUT2D eigenvalue weighted by atomic mass is 10.1. The summed E-state index contributed by atoms with van der Waals surface area (Å²) < 4.78 is 0. The second-order valence-corrected chi connectivity index (χ2v) is 3.57. The van der Waals surface area contributed by atoms with Crippen molar-refractivity contribution in [3.63, 3.8) is 0 Å². The summed E-state index contributed by atoms with van der Waals surface area (Å²) in [4.78, 5) is 2.05. The first kappa shape index (κ1) is 6.62. The quantitative estimate of drug-likeness (QED) is 0.544. The van der Waals surface area contributed by atoms with E-state index >= 15 is 0 Å². The average Bonchev–Trinajstić information content (AvgIpc) is 2.44. The Hall–Kier alpha value is -0.0800. The predicted molar refractivity (Wildman–Crippen MR) is 39.3 cm³/mol. The highest BCUT2D eigenvalue weighted by atomic mass is 16.3. The Labute approximate surface area is 61.8 Å². The third kappa shape index (κ3) is 0.867. The minimum absolute atomic E-state index is 0.335. The molecule has 0 aromatic heterocycles. The molecule has 1 saturated heterocycles. The van der Waals surface area contributed by atoms with Crippen LogP contribution in [0.3, 0.4) is 0 Å². The van der Waals surface area contributed by atoms with Gasteiger partial charge in [-0.2, -0.15) is 0 Å². The summed E-state index contributed by atoms with van der Waals surface area (Å²) >= 11 is 0. The van der Waals surface area contributed by atoms with E-state index in [1.807, 2.05) is 4.90 Å². The molecule has 0 radical (unpaired) electrons. The van der Waals surface area contributed by atoms with Gasteiger partial charge in [0.15, 0.2) is 0 Å². The van der Waals surface area contributed by atoms with E-state index in [9.17, 15) is 5.11 Å². The zero-order valence-corrected chi connectivity index (χ0v) is 6.21. The summed E-state index contributed by atoms with van der Waals surface area (Å²) in [5.41, 5.74) is -0.335. The van der Waals surface area contributed by atoms with Gasteiger partial charge in [-0.15, -0.1) is 0 Å². The molecular weight excluding hydrogens is 126 g/mol. The standard InChI is InChI=1S/C8H14NO/c1-9-6-2-3-7(9)8(10)4-5-8/h7,10H,1-6H2/q-1/t7-/m0/s1. The van der Waals surface area contributed by atoms with Gasteiger partial charge in [0.1, 0.15) is 0 Å². The second kappa shape index (κ2) is 1.95. The number of nitrogens with zero attached hydrogens (tertiary/aromatic N) is 1. The van der Waals surface area contributed by atoms with E-state index in [1.54, 1.807) is 0 Å². The number of aliphatic hydroxyl groups is 1. The van der Waals surface area contributed by atoms with E-state index in [0.717, 1.165) is 25.8 Å². The highest BCUT2D eigenvalue weighted by molar-refractivity contribution is 5.05. The number of rotatable bonds is 1. The van der Waals surface area contributed by atoms with Crippen molar-refractivity contribution >= 4 is 0 Å². The van der Waals surface area contributed by atoms with Gasteiger partial charge in [0.25, 0.3) is 0 Å². The van der Waals surface area contributed by atoms with Crippen molar-refractivity contribution in [1.29, 1.82) is 0 Å². The molecule has 10 heavy (non-hydrogen) atoms. The molecule has 2 nitrogen and oxygen atoms in total. The fourth-order valence-corrected chi connectivity index (χ4v) is 1.90. The molecule has 2 aliphatic rings. The van der Waals surface area contributed by atoms with Crippen LogP contribution in [-0.4, -0.2) is 28.2 Å². The summed E-state index contributed by atoms with van der Waals surface area (Å²) in [6, 6.07) is 0.368. The van der Waals surface area contributed by atoms with Crippen LogP contribution in [-0.2, 0) is 0 Å². The molecule has 1 N–H and O–H groups in total. The molecular formula is C8H14NO-. The molecule has 1 saturated carbocycles. The Kier molecular flexibility index (Phi) is 1.29. The Bertz CT molecular complexity index is 142. The zero-order chi connectivity index (χ0) is 7.19. The molecule has 1 heterocycles. The van der Waals surface area contributed by atoms with E-state index in [2.05, 4.69) is 7.05 Å². The number of hydrogen-bond acceptors (Lipinski definition) is 2. The molecule has 1 atom stereocenters. The van der Waals surface area contributed by atoms with Gasteiger partial charge in [-0.1, -0.05) is 0 Å². The van der Waals surface area contributed by atoms with Crippen LogP contribution >= 0.6 is 0 Å². The van der Waals surface area contributed by atoms with Gasteiger partial charge >= 0.3 is 0 Å². The van der Waals surface area contributed by atoms with Crippen molar-refractivity contribution in [3.8, 4) is 0 Å². The van der Waals surface area contributed by atoms with Crippen LogP contribution in [0.2, 0.25) is 0 Å². The van der Waals surface area contributed by atoms with Crippen LogP contribution in [0.25, 0.3) is 0 Å². The van der Waals surface area contributed by atoms with Crippen LogP contribution in [0, 0.1) is 7.05 Å². The van der Waals surface area contributed by atoms with E-state index in [4.69, 9.17) is 0 Å². The molecule has 0 aromatic rings. The molecule has 0 aromatic carbocycles. The molecule has 1 aliphatic carbocycles. The smallest absolute Gasteiger partial charge is 0.0780 e. The minimum atomic E-state index is -0.335. The maximum Gasteiger partial charge on any atom is 0.0780 e. The van der Waals surface area contributed by atoms with Gasteiger partial charge < -0.3 is 10.0 Å². The van der Waals surface area contributed by atoms with Gasteiger partial charge in [-0.3, -0.25) is 7.05 Å². The molecule has 0 amide bonds.